The molecule has 0 fully saturated rings. The lowest BCUT2D eigenvalue weighted by Crippen LogP contribution is -2.17. The van der Waals surface area contributed by atoms with E-state index in [0.29, 0.717) is 0 Å². The molecule has 0 saturated heterocycles. The standard InChI is InChI=1S/C17H23N5/c1-21(2)10-5-9-18-16-12-17(20-13-19-16)22-11-8-14-6-3-4-7-15(14)22/h3-4,6-7,12-13H,5,8-11H2,1-2H3,(H,18,19,20). The summed E-state index contributed by atoms with van der Waals surface area (Å²) < 4.78 is 0. The van der Waals surface area contributed by atoms with Crippen LogP contribution in [0.1, 0.15) is 12.0 Å². The van der Waals surface area contributed by atoms with Crippen molar-refractivity contribution in [3.63, 3.8) is 0 Å². The highest BCUT2D eigenvalue weighted by atomic mass is 15.2. The van der Waals surface area contributed by atoms with Gasteiger partial charge in [0.25, 0.3) is 0 Å². The van der Waals surface area contributed by atoms with E-state index in [1.54, 1.807) is 6.33 Å². The Bertz CT molecular complexity index is 626. The zero-order valence-corrected chi connectivity index (χ0v) is 13.3. The van der Waals surface area contributed by atoms with Crippen LogP contribution in [0.5, 0.6) is 0 Å². The molecule has 0 atom stereocenters. The highest BCUT2D eigenvalue weighted by molar-refractivity contribution is 5.68. The fourth-order valence-corrected chi connectivity index (χ4v) is 2.78. The van der Waals surface area contributed by atoms with Crippen molar-refractivity contribution in [3.05, 3.63) is 42.2 Å². The van der Waals surface area contributed by atoms with Crippen molar-refractivity contribution in [1.82, 2.24) is 14.9 Å². The summed E-state index contributed by atoms with van der Waals surface area (Å²) in [5.41, 5.74) is 2.65. The molecule has 0 aliphatic carbocycles. The van der Waals surface area contributed by atoms with Crippen LogP contribution >= 0.6 is 0 Å². The Balaban J connectivity index is 1.67. The molecule has 2 heterocycles. The summed E-state index contributed by atoms with van der Waals surface area (Å²) >= 11 is 0. The minimum atomic E-state index is 0.896. The number of hydrogen-bond donors (Lipinski definition) is 1. The number of nitrogens with one attached hydrogen (secondary N) is 1. The van der Waals surface area contributed by atoms with Gasteiger partial charge in [0.2, 0.25) is 0 Å². The smallest absolute Gasteiger partial charge is 0.138 e. The Morgan fingerprint density at radius 3 is 2.95 bits per heavy atom. The van der Waals surface area contributed by atoms with E-state index in [4.69, 9.17) is 0 Å². The fraction of sp³-hybridized carbons (Fsp3) is 0.412. The largest absolute Gasteiger partial charge is 0.370 e. The van der Waals surface area contributed by atoms with Crippen LogP contribution in [0.4, 0.5) is 17.3 Å². The van der Waals surface area contributed by atoms with Gasteiger partial charge in [0.05, 0.1) is 0 Å². The van der Waals surface area contributed by atoms with Crippen LogP contribution in [0, 0.1) is 0 Å². The quantitative estimate of drug-likeness (QED) is 0.830. The van der Waals surface area contributed by atoms with E-state index in [9.17, 15) is 0 Å². The number of hydrogen-bond acceptors (Lipinski definition) is 5. The topological polar surface area (TPSA) is 44.3 Å². The fourth-order valence-electron chi connectivity index (χ4n) is 2.78. The number of rotatable bonds is 6. The number of fused-ring (bicyclic) bond motifs is 1. The van der Waals surface area contributed by atoms with Crippen molar-refractivity contribution in [1.29, 1.82) is 0 Å². The minimum Gasteiger partial charge on any atom is -0.370 e. The Hall–Kier alpha value is -2.14. The van der Waals surface area contributed by atoms with Crippen LogP contribution in [0.15, 0.2) is 36.7 Å². The van der Waals surface area contributed by atoms with E-state index in [0.717, 1.165) is 44.1 Å². The third-order valence-electron chi connectivity index (χ3n) is 3.90. The third-order valence-corrected chi connectivity index (χ3v) is 3.90. The predicted octanol–water partition coefficient (Wildman–Crippen LogP) is 2.53. The second-order valence-electron chi connectivity index (χ2n) is 5.88. The van der Waals surface area contributed by atoms with Gasteiger partial charge in [-0.15, -0.1) is 0 Å². The van der Waals surface area contributed by atoms with Gasteiger partial charge in [-0.3, -0.25) is 0 Å². The zero-order chi connectivity index (χ0) is 15.4. The molecule has 3 rings (SSSR count). The SMILES string of the molecule is CN(C)CCCNc1cc(N2CCc3ccccc32)ncn1. The molecule has 1 aromatic heterocycles. The van der Waals surface area contributed by atoms with Crippen LogP contribution in [0.3, 0.4) is 0 Å². The Morgan fingerprint density at radius 1 is 1.23 bits per heavy atom. The molecule has 22 heavy (non-hydrogen) atoms. The molecule has 5 nitrogen and oxygen atoms in total. The molecular weight excluding hydrogens is 274 g/mol. The van der Waals surface area contributed by atoms with Crippen LogP contribution in [0.2, 0.25) is 0 Å². The van der Waals surface area contributed by atoms with E-state index in [-0.39, 0.29) is 0 Å². The average Bonchev–Trinajstić information content (AvgIpc) is 2.96. The molecular formula is C17H23N5. The van der Waals surface area contributed by atoms with Gasteiger partial charge in [0.1, 0.15) is 18.0 Å². The summed E-state index contributed by atoms with van der Waals surface area (Å²) in [6, 6.07) is 10.6. The summed E-state index contributed by atoms with van der Waals surface area (Å²) in [6.45, 7) is 2.98. The molecule has 2 aromatic rings. The van der Waals surface area contributed by atoms with Crippen LogP contribution < -0.4 is 10.2 Å². The second kappa shape index (κ2) is 6.75. The predicted molar refractivity (Wildman–Crippen MR) is 90.8 cm³/mol. The molecule has 1 aliphatic rings. The molecule has 0 saturated carbocycles. The molecule has 5 heteroatoms. The number of benzene rings is 1. The van der Waals surface area contributed by atoms with Crippen molar-refractivity contribution < 1.29 is 0 Å². The van der Waals surface area contributed by atoms with Crippen LogP contribution in [-0.2, 0) is 6.42 Å². The lowest BCUT2D eigenvalue weighted by molar-refractivity contribution is 0.405. The van der Waals surface area contributed by atoms with Crippen molar-refractivity contribution in [2.45, 2.75) is 12.8 Å². The van der Waals surface area contributed by atoms with Gasteiger partial charge in [-0.2, -0.15) is 0 Å². The van der Waals surface area contributed by atoms with Crippen molar-refractivity contribution in [2.24, 2.45) is 0 Å². The first-order chi connectivity index (χ1) is 10.7. The monoisotopic (exact) mass is 297 g/mol. The maximum Gasteiger partial charge on any atom is 0.138 e. The van der Waals surface area contributed by atoms with E-state index in [1.165, 1.54) is 11.3 Å². The molecule has 0 unspecified atom stereocenters. The minimum absolute atomic E-state index is 0.896. The highest BCUT2D eigenvalue weighted by Crippen LogP contribution is 2.33. The number of nitrogens with zero attached hydrogens (tertiary/aromatic N) is 4. The van der Waals surface area contributed by atoms with Gasteiger partial charge in [0, 0.05) is 24.8 Å². The summed E-state index contributed by atoms with van der Waals surface area (Å²) in [5, 5.41) is 3.38. The van der Waals surface area contributed by atoms with E-state index in [2.05, 4.69) is 63.4 Å². The van der Waals surface area contributed by atoms with E-state index >= 15 is 0 Å². The summed E-state index contributed by atoms with van der Waals surface area (Å²) in [6.07, 6.45) is 3.81. The Kier molecular flexibility index (Phi) is 4.53. The van der Waals surface area contributed by atoms with E-state index in [1.807, 2.05) is 6.07 Å². The van der Waals surface area contributed by atoms with Gasteiger partial charge >= 0.3 is 0 Å². The first-order valence-electron chi connectivity index (χ1n) is 7.80. The normalized spacial score (nSPS) is 13.5. The summed E-state index contributed by atoms with van der Waals surface area (Å²) in [7, 11) is 4.18. The average molecular weight is 297 g/mol. The van der Waals surface area contributed by atoms with Crippen molar-refractivity contribution >= 4 is 17.3 Å². The summed E-state index contributed by atoms with van der Waals surface area (Å²) in [5.74, 6) is 1.86. The zero-order valence-electron chi connectivity index (χ0n) is 13.3. The van der Waals surface area contributed by atoms with Gasteiger partial charge in [-0.25, -0.2) is 9.97 Å². The Labute approximate surface area is 132 Å². The maximum absolute atomic E-state index is 4.44. The van der Waals surface area contributed by atoms with Crippen molar-refractivity contribution in [3.8, 4) is 0 Å². The molecule has 1 N–H and O–H groups in total. The van der Waals surface area contributed by atoms with Gasteiger partial charge in [-0.05, 0) is 45.1 Å². The molecule has 1 aromatic carbocycles. The number of anilines is 3. The molecule has 0 spiro atoms. The van der Waals surface area contributed by atoms with Gasteiger partial charge in [0.15, 0.2) is 0 Å². The van der Waals surface area contributed by atoms with Gasteiger partial charge < -0.3 is 15.1 Å². The first kappa shape index (κ1) is 14.8. The lowest BCUT2D eigenvalue weighted by atomic mass is 10.2. The van der Waals surface area contributed by atoms with Crippen LogP contribution in [-0.4, -0.2) is 48.6 Å². The lowest BCUT2D eigenvalue weighted by Gasteiger charge is -2.18. The van der Waals surface area contributed by atoms with Gasteiger partial charge in [-0.1, -0.05) is 18.2 Å². The molecule has 0 bridgehead atoms. The molecule has 1 aliphatic heterocycles. The van der Waals surface area contributed by atoms with Crippen molar-refractivity contribution in [2.75, 3.05) is 43.9 Å². The second-order valence-corrected chi connectivity index (χ2v) is 5.88. The van der Waals surface area contributed by atoms with Crippen LogP contribution in [0.25, 0.3) is 0 Å². The number of para-hydroxylation sites is 1. The highest BCUT2D eigenvalue weighted by Gasteiger charge is 2.20. The summed E-state index contributed by atoms with van der Waals surface area (Å²) in [4.78, 5) is 13.2. The first-order valence-corrected chi connectivity index (χ1v) is 7.80. The Morgan fingerprint density at radius 2 is 2.09 bits per heavy atom. The maximum atomic E-state index is 4.44. The molecule has 0 amide bonds. The number of aromatic nitrogens is 2. The third kappa shape index (κ3) is 3.36. The molecule has 0 radical (unpaired) electrons. The molecule has 116 valence electrons. The van der Waals surface area contributed by atoms with E-state index < -0.39 is 0 Å².